The Hall–Kier alpha value is -3.27. The number of benzene rings is 2. The van der Waals surface area contributed by atoms with Crippen LogP contribution in [0.1, 0.15) is 42.8 Å². The van der Waals surface area contributed by atoms with Gasteiger partial charge in [0.25, 0.3) is 0 Å². The van der Waals surface area contributed by atoms with Gasteiger partial charge in [0, 0.05) is 22.6 Å². The number of nitrogens with two attached hydrogens (primary N) is 1. The van der Waals surface area contributed by atoms with Crippen LogP contribution in [-0.4, -0.2) is 33.9 Å². The molecule has 1 aromatic heterocycles. The number of nitrogens with zero attached hydrogens (tertiary/aromatic N) is 3. The first-order valence-electron chi connectivity index (χ1n) is 10.5. The summed E-state index contributed by atoms with van der Waals surface area (Å²) < 4.78 is 43.7. The zero-order valence-electron chi connectivity index (χ0n) is 18.8. The van der Waals surface area contributed by atoms with Gasteiger partial charge in [0.1, 0.15) is 29.8 Å². The standard InChI is InChI=1S/C24H23F3N4O2S/c1-24(2,3)22-20-21(16-9-6-14(26)10-17(16)27)34-12-19(33)30(11-18(28)32)23(20)31(29-22)15-7-4-13(25)5-8-15/h4-10,21H,11-12H2,1-3H3,(H2,28,32)/t21-/m1/s1. The van der Waals surface area contributed by atoms with Gasteiger partial charge in [-0.2, -0.15) is 5.10 Å². The molecule has 0 spiro atoms. The molecule has 0 aliphatic carbocycles. The van der Waals surface area contributed by atoms with Crippen molar-refractivity contribution in [3.05, 3.63) is 76.7 Å². The van der Waals surface area contributed by atoms with E-state index in [1.165, 1.54) is 39.9 Å². The molecule has 2 N–H and O–H groups in total. The van der Waals surface area contributed by atoms with Crippen molar-refractivity contribution in [3.8, 4) is 5.69 Å². The molecule has 2 aromatic carbocycles. The first-order valence-corrected chi connectivity index (χ1v) is 11.6. The van der Waals surface area contributed by atoms with Crippen molar-refractivity contribution in [2.45, 2.75) is 31.4 Å². The van der Waals surface area contributed by atoms with E-state index in [-0.39, 0.29) is 17.1 Å². The Morgan fingerprint density at radius 2 is 1.76 bits per heavy atom. The minimum absolute atomic E-state index is 0.0730. The predicted molar refractivity (Wildman–Crippen MR) is 124 cm³/mol. The Morgan fingerprint density at radius 3 is 2.35 bits per heavy atom. The second kappa shape index (κ2) is 8.83. The van der Waals surface area contributed by atoms with Crippen molar-refractivity contribution in [1.82, 2.24) is 9.78 Å². The largest absolute Gasteiger partial charge is 0.368 e. The highest BCUT2D eigenvalue weighted by Gasteiger charge is 2.40. The molecule has 0 saturated carbocycles. The normalized spacial score (nSPS) is 16.4. The van der Waals surface area contributed by atoms with E-state index in [4.69, 9.17) is 10.8 Å². The van der Waals surface area contributed by atoms with Gasteiger partial charge in [-0.3, -0.25) is 14.5 Å². The van der Waals surface area contributed by atoms with Gasteiger partial charge in [0.15, 0.2) is 0 Å². The molecule has 1 aliphatic rings. The molecule has 178 valence electrons. The topological polar surface area (TPSA) is 81.2 Å². The molecule has 1 aliphatic heterocycles. The van der Waals surface area contributed by atoms with Gasteiger partial charge in [-0.05, 0) is 30.3 Å². The van der Waals surface area contributed by atoms with E-state index in [0.717, 1.165) is 23.9 Å². The molecule has 10 heteroatoms. The van der Waals surface area contributed by atoms with Crippen molar-refractivity contribution in [2.24, 2.45) is 5.73 Å². The molecule has 0 saturated heterocycles. The summed E-state index contributed by atoms with van der Waals surface area (Å²) in [6.07, 6.45) is 0. The average molecular weight is 489 g/mol. The molecular weight excluding hydrogens is 465 g/mol. The molecule has 0 fully saturated rings. The molecule has 2 amide bonds. The van der Waals surface area contributed by atoms with E-state index in [1.54, 1.807) is 0 Å². The fourth-order valence-corrected chi connectivity index (χ4v) is 5.17. The molecule has 4 rings (SSSR count). The fourth-order valence-electron chi connectivity index (χ4n) is 3.95. The van der Waals surface area contributed by atoms with Gasteiger partial charge < -0.3 is 5.73 Å². The number of hydrogen-bond acceptors (Lipinski definition) is 4. The highest BCUT2D eigenvalue weighted by molar-refractivity contribution is 8.00. The first kappa shape index (κ1) is 23.9. The lowest BCUT2D eigenvalue weighted by atomic mass is 9.87. The summed E-state index contributed by atoms with van der Waals surface area (Å²) in [5.41, 5.74) is 6.60. The predicted octanol–water partition coefficient (Wildman–Crippen LogP) is 4.24. The first-order chi connectivity index (χ1) is 16.0. The van der Waals surface area contributed by atoms with Gasteiger partial charge >= 0.3 is 0 Å². The van der Waals surface area contributed by atoms with Crippen LogP contribution in [0, 0.1) is 17.5 Å². The lowest BCUT2D eigenvalue weighted by molar-refractivity contribution is -0.121. The Morgan fingerprint density at radius 1 is 1.12 bits per heavy atom. The number of carbonyl (C=O) groups excluding carboxylic acids is 2. The highest BCUT2D eigenvalue weighted by Crippen LogP contribution is 2.48. The van der Waals surface area contributed by atoms with Crippen molar-refractivity contribution in [3.63, 3.8) is 0 Å². The summed E-state index contributed by atoms with van der Waals surface area (Å²) in [4.78, 5) is 26.3. The SMILES string of the molecule is CC(C)(C)c1nn(-c2ccc(F)cc2)c2c1[C@@H](c1ccc(F)cc1F)SCC(=O)N2CC(N)=O. The lowest BCUT2D eigenvalue weighted by Crippen LogP contribution is -2.40. The molecular formula is C24H23F3N4O2S. The molecule has 3 aromatic rings. The second-order valence-corrected chi connectivity index (χ2v) is 10.1. The zero-order valence-corrected chi connectivity index (χ0v) is 19.6. The molecule has 0 unspecified atom stereocenters. The maximum absolute atomic E-state index is 15.0. The number of fused-ring (bicyclic) bond motifs is 1. The smallest absolute Gasteiger partial charge is 0.238 e. The van der Waals surface area contributed by atoms with E-state index in [9.17, 15) is 22.8 Å². The number of aromatic nitrogens is 2. The molecule has 0 radical (unpaired) electrons. The number of carbonyl (C=O) groups is 2. The van der Waals surface area contributed by atoms with E-state index in [2.05, 4.69) is 0 Å². The minimum Gasteiger partial charge on any atom is -0.368 e. The third-order valence-electron chi connectivity index (χ3n) is 5.43. The van der Waals surface area contributed by atoms with Crippen LogP contribution in [0.5, 0.6) is 0 Å². The number of amides is 2. The van der Waals surface area contributed by atoms with Crippen LogP contribution in [-0.2, 0) is 15.0 Å². The number of halogens is 3. The molecule has 1 atom stereocenters. The van der Waals surface area contributed by atoms with Gasteiger partial charge in [-0.1, -0.05) is 26.8 Å². The summed E-state index contributed by atoms with van der Waals surface area (Å²) in [6, 6.07) is 8.80. The molecule has 34 heavy (non-hydrogen) atoms. The Bertz CT molecular complexity index is 1270. The van der Waals surface area contributed by atoms with Crippen molar-refractivity contribution in [1.29, 1.82) is 0 Å². The minimum atomic E-state index is -0.756. The van der Waals surface area contributed by atoms with Crippen LogP contribution >= 0.6 is 11.8 Å². The second-order valence-electron chi connectivity index (χ2n) is 9.03. The maximum Gasteiger partial charge on any atom is 0.238 e. The summed E-state index contributed by atoms with van der Waals surface area (Å²) in [7, 11) is 0. The molecule has 0 bridgehead atoms. The third kappa shape index (κ3) is 4.42. The monoisotopic (exact) mass is 488 g/mol. The van der Waals surface area contributed by atoms with Crippen LogP contribution in [0.25, 0.3) is 5.69 Å². The van der Waals surface area contributed by atoms with E-state index in [1.807, 2.05) is 20.8 Å². The zero-order chi connectivity index (χ0) is 24.8. The van der Waals surface area contributed by atoms with Gasteiger partial charge in [0.05, 0.1) is 22.4 Å². The van der Waals surface area contributed by atoms with Gasteiger partial charge in [0.2, 0.25) is 11.8 Å². The molecule has 2 heterocycles. The average Bonchev–Trinajstić information content (AvgIpc) is 3.08. The van der Waals surface area contributed by atoms with Gasteiger partial charge in [-0.15, -0.1) is 11.8 Å². The number of hydrogen-bond donors (Lipinski definition) is 1. The highest BCUT2D eigenvalue weighted by atomic mass is 32.2. The third-order valence-corrected chi connectivity index (χ3v) is 6.67. The summed E-state index contributed by atoms with van der Waals surface area (Å²) >= 11 is 1.16. The summed E-state index contributed by atoms with van der Waals surface area (Å²) in [5.74, 6) is -2.91. The van der Waals surface area contributed by atoms with Crippen LogP contribution in [0.15, 0.2) is 42.5 Å². The number of primary amides is 1. The lowest BCUT2D eigenvalue weighted by Gasteiger charge is -2.24. The Balaban J connectivity index is 2.08. The Kier molecular flexibility index (Phi) is 6.20. The quantitative estimate of drug-likeness (QED) is 0.596. The number of thioether (sulfide) groups is 1. The fraction of sp³-hybridized carbons (Fsp3) is 0.292. The van der Waals surface area contributed by atoms with E-state index < -0.39 is 46.5 Å². The Labute approximate surface area is 198 Å². The summed E-state index contributed by atoms with van der Waals surface area (Å²) in [6.45, 7) is 5.33. The number of anilines is 1. The van der Waals surface area contributed by atoms with E-state index >= 15 is 0 Å². The van der Waals surface area contributed by atoms with Gasteiger partial charge in [-0.25, -0.2) is 17.9 Å². The van der Waals surface area contributed by atoms with Crippen molar-refractivity contribution in [2.75, 3.05) is 17.2 Å². The van der Waals surface area contributed by atoms with Crippen molar-refractivity contribution < 1.29 is 22.8 Å². The number of rotatable bonds is 4. The van der Waals surface area contributed by atoms with Crippen molar-refractivity contribution >= 4 is 29.4 Å². The van der Waals surface area contributed by atoms with Crippen LogP contribution < -0.4 is 10.6 Å². The van der Waals surface area contributed by atoms with Crippen LogP contribution in [0.2, 0.25) is 0 Å². The summed E-state index contributed by atoms with van der Waals surface area (Å²) in [5, 5.41) is 4.04. The maximum atomic E-state index is 15.0. The van der Waals surface area contributed by atoms with Crippen LogP contribution in [0.3, 0.4) is 0 Å². The molecule has 6 nitrogen and oxygen atoms in total. The van der Waals surface area contributed by atoms with E-state index in [0.29, 0.717) is 16.9 Å². The van der Waals surface area contributed by atoms with Crippen LogP contribution in [0.4, 0.5) is 19.0 Å².